The number of unbranched alkanes of at least 4 members (excludes halogenated alkanes) is 18. The van der Waals surface area contributed by atoms with E-state index in [1.807, 2.05) is 0 Å². The van der Waals surface area contributed by atoms with Crippen molar-refractivity contribution in [2.24, 2.45) is 0 Å². The molecule has 0 spiro atoms. The molecule has 0 atom stereocenters. The standard InChI is InChI=1S/C30H64O3Si/c1-5-9-13-14-15-16-17-18-19-20-21-22-23-24-25-26-30-34(31-27-10-6-2,32-28-11-7-3)33-29-12-8-4/h5-30H2,1-4H3. The number of hydrogen-bond acceptors (Lipinski definition) is 3. The van der Waals surface area contributed by atoms with Crippen LogP contribution >= 0.6 is 0 Å². The van der Waals surface area contributed by atoms with Gasteiger partial charge in [0.05, 0.1) is 0 Å². The average Bonchev–Trinajstić information content (AvgIpc) is 2.84. The summed E-state index contributed by atoms with van der Waals surface area (Å²) < 4.78 is 19.1. The first-order chi connectivity index (χ1) is 16.7. The van der Waals surface area contributed by atoms with Gasteiger partial charge in [-0.2, -0.15) is 0 Å². The SMILES string of the molecule is CCCCCCCCCCCCCCCCCC[Si](OCCCC)(OCCCC)OCCCC. The van der Waals surface area contributed by atoms with Gasteiger partial charge >= 0.3 is 8.80 Å². The molecule has 0 radical (unpaired) electrons. The van der Waals surface area contributed by atoms with Crippen LogP contribution in [0.4, 0.5) is 0 Å². The first-order valence-corrected chi connectivity index (χ1v) is 17.6. The van der Waals surface area contributed by atoms with Gasteiger partial charge in [0.25, 0.3) is 0 Å². The van der Waals surface area contributed by atoms with Gasteiger partial charge in [-0.3, -0.25) is 0 Å². The van der Waals surface area contributed by atoms with Crippen LogP contribution in [0.3, 0.4) is 0 Å². The van der Waals surface area contributed by atoms with E-state index < -0.39 is 8.80 Å². The quantitative estimate of drug-likeness (QED) is 0.0754. The molecule has 0 aromatic carbocycles. The molecule has 0 saturated carbocycles. The Morgan fingerprint density at radius 3 is 0.882 bits per heavy atom. The van der Waals surface area contributed by atoms with Crippen LogP contribution in [0.2, 0.25) is 6.04 Å². The predicted molar refractivity (Wildman–Crippen MR) is 153 cm³/mol. The summed E-state index contributed by atoms with van der Waals surface area (Å²) in [5.41, 5.74) is 0. The highest BCUT2D eigenvalue weighted by atomic mass is 28.4. The Morgan fingerprint density at radius 2 is 0.588 bits per heavy atom. The highest BCUT2D eigenvalue weighted by molar-refractivity contribution is 6.60. The molecule has 206 valence electrons. The minimum Gasteiger partial charge on any atom is -0.373 e. The lowest BCUT2D eigenvalue weighted by Crippen LogP contribution is -2.46. The normalized spacial score (nSPS) is 12.0. The Kier molecular flexibility index (Phi) is 27.8. The first kappa shape index (κ1) is 34.1. The van der Waals surface area contributed by atoms with Crippen LogP contribution < -0.4 is 0 Å². The molecular formula is C30H64O3Si. The van der Waals surface area contributed by atoms with Crippen LogP contribution in [-0.4, -0.2) is 28.6 Å². The molecule has 0 amide bonds. The first-order valence-electron chi connectivity index (χ1n) is 15.7. The highest BCUT2D eigenvalue weighted by Crippen LogP contribution is 2.23. The molecular weight excluding hydrogens is 436 g/mol. The van der Waals surface area contributed by atoms with Crippen molar-refractivity contribution in [3.05, 3.63) is 0 Å². The molecule has 0 saturated heterocycles. The summed E-state index contributed by atoms with van der Waals surface area (Å²) in [6.45, 7) is 11.3. The summed E-state index contributed by atoms with van der Waals surface area (Å²) in [6.07, 6.45) is 29.2. The van der Waals surface area contributed by atoms with Gasteiger partial charge in [-0.05, 0) is 25.7 Å². The summed E-state index contributed by atoms with van der Waals surface area (Å²) in [5, 5.41) is 0. The zero-order valence-electron chi connectivity index (χ0n) is 24.1. The molecule has 0 rings (SSSR count). The maximum Gasteiger partial charge on any atom is 0.500 e. The molecule has 0 bridgehead atoms. The third kappa shape index (κ3) is 22.6. The monoisotopic (exact) mass is 500 g/mol. The Bertz CT molecular complexity index is 352. The molecule has 3 nitrogen and oxygen atoms in total. The van der Waals surface area contributed by atoms with Crippen molar-refractivity contribution in [2.75, 3.05) is 19.8 Å². The molecule has 0 aliphatic rings. The Morgan fingerprint density at radius 1 is 0.324 bits per heavy atom. The van der Waals surface area contributed by atoms with Crippen molar-refractivity contribution in [1.29, 1.82) is 0 Å². The van der Waals surface area contributed by atoms with Crippen LogP contribution in [0.5, 0.6) is 0 Å². The van der Waals surface area contributed by atoms with E-state index in [0.717, 1.165) is 64.4 Å². The zero-order valence-corrected chi connectivity index (χ0v) is 25.1. The van der Waals surface area contributed by atoms with Crippen LogP contribution in [0.1, 0.15) is 169 Å². The second kappa shape index (κ2) is 27.7. The number of rotatable bonds is 29. The topological polar surface area (TPSA) is 27.7 Å². The molecule has 0 heterocycles. The summed E-state index contributed by atoms with van der Waals surface area (Å²) >= 11 is 0. The van der Waals surface area contributed by atoms with Crippen LogP contribution in [0.15, 0.2) is 0 Å². The van der Waals surface area contributed by atoms with Gasteiger partial charge < -0.3 is 13.3 Å². The highest BCUT2D eigenvalue weighted by Gasteiger charge is 2.40. The van der Waals surface area contributed by atoms with Crippen LogP contribution in [0.25, 0.3) is 0 Å². The minimum atomic E-state index is -2.51. The maximum absolute atomic E-state index is 6.38. The second-order valence-corrected chi connectivity index (χ2v) is 13.1. The fraction of sp³-hybridized carbons (Fsp3) is 1.00. The van der Waals surface area contributed by atoms with Crippen molar-refractivity contribution in [1.82, 2.24) is 0 Å². The lowest BCUT2D eigenvalue weighted by atomic mass is 10.0. The van der Waals surface area contributed by atoms with E-state index in [1.54, 1.807) is 0 Å². The van der Waals surface area contributed by atoms with Gasteiger partial charge in [0.2, 0.25) is 0 Å². The minimum absolute atomic E-state index is 0.791. The molecule has 34 heavy (non-hydrogen) atoms. The smallest absolute Gasteiger partial charge is 0.373 e. The predicted octanol–water partition coefficient (Wildman–Crippen LogP) is 10.6. The van der Waals surface area contributed by atoms with Gasteiger partial charge in [0, 0.05) is 25.9 Å². The van der Waals surface area contributed by atoms with Crippen molar-refractivity contribution in [2.45, 2.75) is 175 Å². The summed E-state index contributed by atoms with van der Waals surface area (Å²) in [4.78, 5) is 0. The molecule has 0 aliphatic carbocycles. The van der Waals surface area contributed by atoms with Crippen LogP contribution in [0, 0.1) is 0 Å². The van der Waals surface area contributed by atoms with E-state index in [-0.39, 0.29) is 0 Å². The largest absolute Gasteiger partial charge is 0.500 e. The summed E-state index contributed by atoms with van der Waals surface area (Å²) in [6, 6.07) is 1.00. The van der Waals surface area contributed by atoms with Gasteiger partial charge in [-0.25, -0.2) is 0 Å². The van der Waals surface area contributed by atoms with Crippen molar-refractivity contribution >= 4 is 8.80 Å². The van der Waals surface area contributed by atoms with Gasteiger partial charge in [0.15, 0.2) is 0 Å². The van der Waals surface area contributed by atoms with E-state index >= 15 is 0 Å². The van der Waals surface area contributed by atoms with E-state index in [0.29, 0.717) is 0 Å². The van der Waals surface area contributed by atoms with Crippen molar-refractivity contribution < 1.29 is 13.3 Å². The van der Waals surface area contributed by atoms with E-state index in [9.17, 15) is 0 Å². The van der Waals surface area contributed by atoms with Crippen molar-refractivity contribution in [3.63, 3.8) is 0 Å². The molecule has 4 heteroatoms. The lowest BCUT2D eigenvalue weighted by molar-refractivity contribution is 0.0557. The lowest BCUT2D eigenvalue weighted by Gasteiger charge is -2.30. The molecule has 0 fully saturated rings. The van der Waals surface area contributed by atoms with Gasteiger partial charge in [-0.1, -0.05) is 143 Å². The average molecular weight is 501 g/mol. The van der Waals surface area contributed by atoms with E-state index in [2.05, 4.69) is 27.7 Å². The van der Waals surface area contributed by atoms with Gasteiger partial charge in [-0.15, -0.1) is 0 Å². The number of hydrogen-bond donors (Lipinski definition) is 0. The van der Waals surface area contributed by atoms with E-state index in [4.69, 9.17) is 13.3 Å². The van der Waals surface area contributed by atoms with Gasteiger partial charge in [0.1, 0.15) is 0 Å². The molecule has 0 N–H and O–H groups in total. The summed E-state index contributed by atoms with van der Waals surface area (Å²) in [5.74, 6) is 0. The van der Waals surface area contributed by atoms with Crippen molar-refractivity contribution in [3.8, 4) is 0 Å². The fourth-order valence-electron chi connectivity index (χ4n) is 4.35. The molecule has 0 aliphatic heterocycles. The fourth-order valence-corrected chi connectivity index (χ4v) is 7.08. The van der Waals surface area contributed by atoms with E-state index in [1.165, 1.54) is 103 Å². The molecule has 0 aromatic rings. The zero-order chi connectivity index (χ0) is 25.0. The van der Waals surface area contributed by atoms with Crippen LogP contribution in [-0.2, 0) is 13.3 Å². The Labute approximate surface area is 216 Å². The summed E-state index contributed by atoms with van der Waals surface area (Å²) in [7, 11) is -2.51. The Hall–Kier alpha value is 0.0969. The Balaban J connectivity index is 3.93. The molecule has 0 aromatic heterocycles. The second-order valence-electron chi connectivity index (χ2n) is 10.3. The molecule has 0 unspecified atom stereocenters. The maximum atomic E-state index is 6.38. The third-order valence-corrected chi connectivity index (χ3v) is 9.69. The third-order valence-electron chi connectivity index (χ3n) is 6.80.